The lowest BCUT2D eigenvalue weighted by Gasteiger charge is -2.33. The fourth-order valence-corrected chi connectivity index (χ4v) is 3.20. The number of hydrogen-bond acceptors (Lipinski definition) is 2. The van der Waals surface area contributed by atoms with E-state index in [-0.39, 0.29) is 17.5 Å². The number of urea groups is 1. The van der Waals surface area contributed by atoms with Crippen LogP contribution in [0.1, 0.15) is 31.4 Å². The van der Waals surface area contributed by atoms with Gasteiger partial charge in [0, 0.05) is 31.8 Å². The zero-order valence-electron chi connectivity index (χ0n) is 15.5. The predicted molar refractivity (Wildman–Crippen MR) is 103 cm³/mol. The van der Waals surface area contributed by atoms with E-state index < -0.39 is 5.92 Å². The molecule has 1 unspecified atom stereocenters. The predicted octanol–water partition coefficient (Wildman–Crippen LogP) is 5.15. The molecule has 0 bridgehead atoms. The highest BCUT2D eigenvalue weighted by Crippen LogP contribution is 2.30. The van der Waals surface area contributed by atoms with Crippen LogP contribution in [-0.2, 0) is 5.92 Å². The van der Waals surface area contributed by atoms with Gasteiger partial charge in [0.15, 0.2) is 0 Å². The van der Waals surface area contributed by atoms with Crippen molar-refractivity contribution in [1.82, 2.24) is 9.88 Å². The molecule has 0 spiro atoms. The second kappa shape index (κ2) is 7.86. The zero-order valence-corrected chi connectivity index (χ0v) is 15.5. The molecule has 1 atom stereocenters. The highest BCUT2D eigenvalue weighted by molar-refractivity contribution is 5.89. The maximum atomic E-state index is 13.5. The van der Waals surface area contributed by atoms with E-state index >= 15 is 0 Å². The summed E-state index contributed by atoms with van der Waals surface area (Å²) in [6.07, 6.45) is 5.94. The fraction of sp³-hybridized carbons (Fsp3) is 0.333. The molecule has 2 amide bonds. The van der Waals surface area contributed by atoms with Crippen molar-refractivity contribution in [1.29, 1.82) is 0 Å². The highest BCUT2D eigenvalue weighted by Gasteiger charge is 2.26. The first-order valence-electron chi connectivity index (χ1n) is 8.98. The van der Waals surface area contributed by atoms with Crippen molar-refractivity contribution in [3.63, 3.8) is 0 Å². The largest absolute Gasteiger partial charge is 0.324 e. The summed E-state index contributed by atoms with van der Waals surface area (Å²) in [7, 11) is 0. The molecule has 4 nitrogen and oxygen atoms in total. The number of anilines is 1. The molecule has 0 radical (unpaired) electrons. The average Bonchev–Trinajstić information content (AvgIpc) is 2.64. The highest BCUT2D eigenvalue weighted by atomic mass is 19.3. The van der Waals surface area contributed by atoms with Gasteiger partial charge in [-0.3, -0.25) is 4.98 Å². The van der Waals surface area contributed by atoms with E-state index in [1.807, 2.05) is 19.1 Å². The van der Waals surface area contributed by atoms with Gasteiger partial charge in [-0.05, 0) is 36.1 Å². The second-order valence-electron chi connectivity index (χ2n) is 7.00. The number of aromatic nitrogens is 1. The number of alkyl halides is 2. The van der Waals surface area contributed by atoms with Crippen LogP contribution in [0.5, 0.6) is 0 Å². The number of piperidine rings is 1. The van der Waals surface area contributed by atoms with E-state index in [2.05, 4.69) is 10.3 Å². The molecule has 27 heavy (non-hydrogen) atoms. The molecule has 1 fully saturated rings. The van der Waals surface area contributed by atoms with Crippen molar-refractivity contribution in [3.8, 4) is 0 Å². The standard InChI is InChI=1S/C21H23F2N3O/c1-15-14-26(20(27)25-19-7-4-9-24-13-19)10-8-17(15)11-16-5-3-6-18(12-16)21(2,22)23/h3-7,9,11-13,15H,8,10,14H2,1-2H3,(H,25,27)/b17-11+. The molecule has 1 aromatic carbocycles. The molecule has 0 saturated carbocycles. The molecule has 2 aromatic rings. The van der Waals surface area contributed by atoms with Crippen molar-refractivity contribution in [3.05, 3.63) is 65.5 Å². The first-order chi connectivity index (χ1) is 12.8. The lowest BCUT2D eigenvalue weighted by molar-refractivity contribution is 0.0174. The topological polar surface area (TPSA) is 45.2 Å². The van der Waals surface area contributed by atoms with Gasteiger partial charge in [0.05, 0.1) is 11.9 Å². The maximum Gasteiger partial charge on any atom is 0.321 e. The van der Waals surface area contributed by atoms with Crippen LogP contribution >= 0.6 is 0 Å². The van der Waals surface area contributed by atoms with E-state index in [9.17, 15) is 13.6 Å². The Hall–Kier alpha value is -2.76. The number of carbonyl (C=O) groups is 1. The third-order valence-corrected chi connectivity index (χ3v) is 4.74. The van der Waals surface area contributed by atoms with Crippen LogP contribution in [0.15, 0.2) is 54.4 Å². The summed E-state index contributed by atoms with van der Waals surface area (Å²) < 4.78 is 27.1. The number of rotatable bonds is 3. The quantitative estimate of drug-likeness (QED) is 0.811. The molecule has 1 aliphatic rings. The first-order valence-corrected chi connectivity index (χ1v) is 8.98. The van der Waals surface area contributed by atoms with E-state index in [4.69, 9.17) is 0 Å². The van der Waals surface area contributed by atoms with Gasteiger partial charge >= 0.3 is 6.03 Å². The number of hydrogen-bond donors (Lipinski definition) is 1. The van der Waals surface area contributed by atoms with Crippen molar-refractivity contribution in [2.45, 2.75) is 26.2 Å². The Morgan fingerprint density at radius 2 is 2.15 bits per heavy atom. The molecular weight excluding hydrogens is 348 g/mol. The minimum atomic E-state index is -2.85. The fourth-order valence-electron chi connectivity index (χ4n) is 3.20. The average molecular weight is 371 g/mol. The van der Waals surface area contributed by atoms with Crippen molar-refractivity contribution < 1.29 is 13.6 Å². The molecule has 3 rings (SSSR count). The Labute approximate surface area is 157 Å². The zero-order chi connectivity index (χ0) is 19.4. The lowest BCUT2D eigenvalue weighted by atomic mass is 9.91. The summed E-state index contributed by atoms with van der Waals surface area (Å²) in [6, 6.07) is 9.86. The minimum Gasteiger partial charge on any atom is -0.324 e. The molecule has 142 valence electrons. The number of nitrogens with one attached hydrogen (secondary N) is 1. The van der Waals surface area contributed by atoms with Gasteiger partial charge in [-0.1, -0.05) is 36.8 Å². The van der Waals surface area contributed by atoms with Crippen LogP contribution in [0.25, 0.3) is 6.08 Å². The van der Waals surface area contributed by atoms with Crippen LogP contribution < -0.4 is 5.32 Å². The van der Waals surface area contributed by atoms with Crippen molar-refractivity contribution in [2.75, 3.05) is 18.4 Å². The van der Waals surface area contributed by atoms with E-state index in [0.717, 1.165) is 18.1 Å². The number of halogens is 2. The third-order valence-electron chi connectivity index (χ3n) is 4.74. The molecule has 1 aromatic heterocycles. The smallest absolute Gasteiger partial charge is 0.321 e. The Balaban J connectivity index is 1.66. The number of nitrogens with zero attached hydrogens (tertiary/aromatic N) is 2. The van der Waals surface area contributed by atoms with E-state index in [0.29, 0.717) is 25.2 Å². The van der Waals surface area contributed by atoms with Gasteiger partial charge < -0.3 is 10.2 Å². The van der Waals surface area contributed by atoms with Gasteiger partial charge in [0.25, 0.3) is 5.92 Å². The number of carbonyl (C=O) groups excluding carboxylic acids is 1. The maximum absolute atomic E-state index is 13.5. The summed E-state index contributed by atoms with van der Waals surface area (Å²) in [5.74, 6) is -2.70. The van der Waals surface area contributed by atoms with Gasteiger partial charge in [-0.2, -0.15) is 0 Å². The summed E-state index contributed by atoms with van der Waals surface area (Å²) in [6.45, 7) is 4.13. The minimum absolute atomic E-state index is 0.0118. The molecule has 2 heterocycles. The Morgan fingerprint density at radius 3 is 2.81 bits per heavy atom. The summed E-state index contributed by atoms with van der Waals surface area (Å²) >= 11 is 0. The summed E-state index contributed by atoms with van der Waals surface area (Å²) in [4.78, 5) is 18.2. The SMILES string of the molecule is CC1CN(C(=O)Nc2cccnc2)CC/C1=C\c1cccc(C(C)(F)F)c1. The van der Waals surface area contributed by atoms with Gasteiger partial charge in [-0.25, -0.2) is 13.6 Å². The van der Waals surface area contributed by atoms with Gasteiger partial charge in [0.2, 0.25) is 0 Å². The lowest BCUT2D eigenvalue weighted by Crippen LogP contribution is -2.42. The van der Waals surface area contributed by atoms with Crippen molar-refractivity contribution >= 4 is 17.8 Å². The van der Waals surface area contributed by atoms with Gasteiger partial charge in [-0.15, -0.1) is 0 Å². The molecule has 1 N–H and O–H groups in total. The van der Waals surface area contributed by atoms with Gasteiger partial charge in [0.1, 0.15) is 0 Å². The number of benzene rings is 1. The van der Waals surface area contributed by atoms with Crippen LogP contribution in [0.4, 0.5) is 19.3 Å². The van der Waals surface area contributed by atoms with Crippen LogP contribution in [0.2, 0.25) is 0 Å². The Bertz CT molecular complexity index is 831. The second-order valence-corrected chi connectivity index (χ2v) is 7.00. The number of likely N-dealkylation sites (tertiary alicyclic amines) is 1. The molecular formula is C21H23F2N3O. The van der Waals surface area contributed by atoms with Crippen LogP contribution in [-0.4, -0.2) is 29.0 Å². The summed E-state index contributed by atoms with van der Waals surface area (Å²) in [5.41, 5.74) is 2.60. The summed E-state index contributed by atoms with van der Waals surface area (Å²) in [5, 5.41) is 2.84. The van der Waals surface area contributed by atoms with E-state index in [1.165, 1.54) is 12.1 Å². The van der Waals surface area contributed by atoms with Crippen LogP contribution in [0.3, 0.4) is 0 Å². The first kappa shape index (κ1) is 19.0. The van der Waals surface area contributed by atoms with Crippen LogP contribution in [0, 0.1) is 5.92 Å². The Morgan fingerprint density at radius 1 is 1.33 bits per heavy atom. The molecule has 1 saturated heterocycles. The third kappa shape index (κ3) is 4.90. The normalized spacial score (nSPS) is 19.2. The van der Waals surface area contributed by atoms with Crippen molar-refractivity contribution in [2.24, 2.45) is 5.92 Å². The number of pyridine rings is 1. The molecule has 0 aliphatic carbocycles. The van der Waals surface area contributed by atoms with E-state index in [1.54, 1.807) is 35.5 Å². The monoisotopic (exact) mass is 371 g/mol. The Kier molecular flexibility index (Phi) is 5.54. The molecule has 6 heteroatoms. The number of amides is 2. The molecule has 1 aliphatic heterocycles.